The van der Waals surface area contributed by atoms with Crippen LogP contribution in [0, 0.1) is 0 Å². The van der Waals surface area contributed by atoms with Gasteiger partial charge in [-0.3, -0.25) is 0 Å². The first kappa shape index (κ1) is 20.3. The maximum Gasteiger partial charge on any atom is 0.161 e. The molecule has 0 radical (unpaired) electrons. The Labute approximate surface area is 168 Å². The highest BCUT2D eigenvalue weighted by Crippen LogP contribution is 2.38. The Bertz CT molecular complexity index is 790. The van der Waals surface area contributed by atoms with Gasteiger partial charge in [0, 0.05) is 17.5 Å². The Morgan fingerprint density at radius 3 is 1.96 bits per heavy atom. The van der Waals surface area contributed by atoms with Crippen molar-refractivity contribution < 1.29 is 24.3 Å². The summed E-state index contributed by atoms with van der Waals surface area (Å²) in [5, 5.41) is 2.38. The number of benzene rings is 2. The zero-order valence-corrected chi connectivity index (χ0v) is 17.4. The van der Waals surface area contributed by atoms with Crippen molar-refractivity contribution in [3.05, 3.63) is 47.0 Å². The maximum absolute atomic E-state index is 5.87. The van der Waals surface area contributed by atoms with E-state index in [0.717, 1.165) is 36.0 Å². The van der Waals surface area contributed by atoms with E-state index in [1.165, 1.54) is 16.7 Å². The van der Waals surface area contributed by atoms with Gasteiger partial charge in [-0.05, 0) is 63.6 Å². The molecule has 0 saturated carbocycles. The molecular formula is C23H32NO4+. The first-order valence-electron chi connectivity index (χ1n) is 10.4. The topological polar surface area (TPSA) is 53.5 Å². The largest absolute Gasteiger partial charge is 0.490 e. The van der Waals surface area contributed by atoms with Crippen LogP contribution in [-0.4, -0.2) is 33.0 Å². The average Bonchev–Trinajstić information content (AvgIpc) is 2.70. The number of quaternary nitrogens is 1. The minimum absolute atomic E-state index is 0.202. The van der Waals surface area contributed by atoms with Crippen LogP contribution in [0.4, 0.5) is 0 Å². The van der Waals surface area contributed by atoms with E-state index >= 15 is 0 Å². The molecule has 0 fully saturated rings. The maximum atomic E-state index is 5.87. The van der Waals surface area contributed by atoms with E-state index in [1.807, 2.05) is 33.8 Å². The van der Waals surface area contributed by atoms with Crippen LogP contribution in [0.3, 0.4) is 0 Å². The van der Waals surface area contributed by atoms with Crippen LogP contribution < -0.4 is 24.3 Å². The van der Waals surface area contributed by atoms with E-state index < -0.39 is 0 Å². The first-order valence-corrected chi connectivity index (χ1v) is 10.4. The molecule has 0 amide bonds. The van der Waals surface area contributed by atoms with E-state index in [-0.39, 0.29) is 6.04 Å². The molecule has 2 aromatic rings. The average molecular weight is 387 g/mol. The smallest absolute Gasteiger partial charge is 0.161 e. The van der Waals surface area contributed by atoms with Crippen molar-refractivity contribution in [2.75, 3.05) is 33.0 Å². The van der Waals surface area contributed by atoms with Crippen LogP contribution >= 0.6 is 0 Å². The third-order valence-electron chi connectivity index (χ3n) is 4.88. The van der Waals surface area contributed by atoms with Crippen LogP contribution in [0.25, 0.3) is 0 Å². The Balaban J connectivity index is 2.01. The summed E-state index contributed by atoms with van der Waals surface area (Å²) >= 11 is 0. The second kappa shape index (κ2) is 9.69. The fraction of sp³-hybridized carbons (Fsp3) is 0.478. The van der Waals surface area contributed by atoms with E-state index in [4.69, 9.17) is 18.9 Å². The molecule has 152 valence electrons. The molecule has 0 saturated heterocycles. The monoisotopic (exact) mass is 386 g/mol. The molecule has 5 heteroatoms. The zero-order valence-electron chi connectivity index (χ0n) is 17.4. The fourth-order valence-electron chi connectivity index (χ4n) is 3.77. The molecule has 5 nitrogen and oxygen atoms in total. The number of hydrogen-bond acceptors (Lipinski definition) is 4. The predicted molar refractivity (Wildman–Crippen MR) is 110 cm³/mol. The predicted octanol–water partition coefficient (Wildman–Crippen LogP) is 3.49. The third-order valence-corrected chi connectivity index (χ3v) is 4.88. The molecule has 0 unspecified atom stereocenters. The van der Waals surface area contributed by atoms with E-state index in [1.54, 1.807) is 0 Å². The summed E-state index contributed by atoms with van der Waals surface area (Å²) in [5.41, 5.74) is 3.82. The van der Waals surface area contributed by atoms with Crippen LogP contribution in [0.1, 0.15) is 50.4 Å². The molecule has 0 aliphatic carbocycles. The lowest BCUT2D eigenvalue weighted by atomic mass is 9.89. The summed E-state index contributed by atoms with van der Waals surface area (Å²) < 4.78 is 23.3. The van der Waals surface area contributed by atoms with Gasteiger partial charge >= 0.3 is 0 Å². The van der Waals surface area contributed by atoms with Crippen molar-refractivity contribution in [1.82, 2.24) is 0 Å². The first-order chi connectivity index (χ1) is 13.7. The van der Waals surface area contributed by atoms with Crippen molar-refractivity contribution in [1.29, 1.82) is 0 Å². The number of ether oxygens (including phenoxy) is 4. The van der Waals surface area contributed by atoms with Gasteiger partial charge in [0.05, 0.1) is 33.0 Å². The summed E-state index contributed by atoms with van der Waals surface area (Å²) in [6.07, 6.45) is 1.02. The van der Waals surface area contributed by atoms with Crippen molar-refractivity contribution in [2.24, 2.45) is 0 Å². The molecule has 28 heavy (non-hydrogen) atoms. The summed E-state index contributed by atoms with van der Waals surface area (Å²) in [4.78, 5) is 0. The lowest BCUT2D eigenvalue weighted by Crippen LogP contribution is -2.87. The molecule has 2 N–H and O–H groups in total. The Kier molecular flexibility index (Phi) is 7.04. The molecule has 1 aliphatic heterocycles. The number of hydrogen-bond donors (Lipinski definition) is 1. The molecule has 0 aromatic heterocycles. The normalized spacial score (nSPS) is 15.6. The van der Waals surface area contributed by atoms with Gasteiger partial charge in [-0.2, -0.15) is 0 Å². The Hall–Kier alpha value is -2.40. The van der Waals surface area contributed by atoms with Gasteiger partial charge in [-0.15, -0.1) is 0 Å². The van der Waals surface area contributed by atoms with Gasteiger partial charge in [-0.25, -0.2) is 0 Å². The van der Waals surface area contributed by atoms with Gasteiger partial charge in [0.15, 0.2) is 23.0 Å². The third kappa shape index (κ3) is 4.36. The minimum atomic E-state index is 0.202. The summed E-state index contributed by atoms with van der Waals surface area (Å²) in [6, 6.07) is 10.8. The highest BCUT2D eigenvalue weighted by molar-refractivity contribution is 5.52. The van der Waals surface area contributed by atoms with Crippen LogP contribution in [0.15, 0.2) is 30.3 Å². The van der Waals surface area contributed by atoms with Crippen LogP contribution in [-0.2, 0) is 6.42 Å². The van der Waals surface area contributed by atoms with Crippen molar-refractivity contribution in [2.45, 2.75) is 40.2 Å². The van der Waals surface area contributed by atoms with Gasteiger partial charge in [0.1, 0.15) is 6.04 Å². The molecule has 1 heterocycles. The zero-order chi connectivity index (χ0) is 19.9. The van der Waals surface area contributed by atoms with Crippen LogP contribution in [0.5, 0.6) is 23.0 Å². The quantitative estimate of drug-likeness (QED) is 0.717. The highest BCUT2D eigenvalue weighted by atomic mass is 16.5. The van der Waals surface area contributed by atoms with Crippen LogP contribution in [0.2, 0.25) is 0 Å². The van der Waals surface area contributed by atoms with Gasteiger partial charge in [0.25, 0.3) is 0 Å². The van der Waals surface area contributed by atoms with Crippen molar-refractivity contribution >= 4 is 0 Å². The summed E-state index contributed by atoms with van der Waals surface area (Å²) in [5.74, 6) is 3.26. The molecule has 1 atom stereocenters. The number of rotatable bonds is 9. The van der Waals surface area contributed by atoms with E-state index in [0.29, 0.717) is 26.4 Å². The molecule has 1 aliphatic rings. The molecule has 0 spiro atoms. The second-order valence-electron chi connectivity index (χ2n) is 6.69. The molecule has 2 aromatic carbocycles. The number of nitrogens with two attached hydrogens (primary N) is 1. The molecule has 0 bridgehead atoms. The second-order valence-corrected chi connectivity index (χ2v) is 6.69. The van der Waals surface area contributed by atoms with E-state index in [2.05, 4.69) is 29.6 Å². The Morgan fingerprint density at radius 1 is 0.750 bits per heavy atom. The van der Waals surface area contributed by atoms with Crippen molar-refractivity contribution in [3.63, 3.8) is 0 Å². The lowest BCUT2D eigenvalue weighted by molar-refractivity contribution is -0.690. The standard InChI is InChI=1S/C23H31NO4/c1-5-25-19-10-9-17(14-20(19)26-6-2)23-18-15-22(28-8-4)21(27-7-3)13-16(18)11-12-24-23/h9-10,13-15,23-24H,5-8,11-12H2,1-4H3/p+1/t23-/m1/s1. The highest BCUT2D eigenvalue weighted by Gasteiger charge is 2.28. The minimum Gasteiger partial charge on any atom is -0.490 e. The van der Waals surface area contributed by atoms with Gasteiger partial charge in [-0.1, -0.05) is 0 Å². The van der Waals surface area contributed by atoms with E-state index in [9.17, 15) is 0 Å². The van der Waals surface area contributed by atoms with Gasteiger partial charge in [0.2, 0.25) is 0 Å². The molecular weight excluding hydrogens is 354 g/mol. The van der Waals surface area contributed by atoms with Crippen molar-refractivity contribution in [3.8, 4) is 23.0 Å². The lowest BCUT2D eigenvalue weighted by Gasteiger charge is -2.26. The fourth-order valence-corrected chi connectivity index (χ4v) is 3.77. The van der Waals surface area contributed by atoms with Gasteiger partial charge < -0.3 is 24.3 Å². The summed E-state index contributed by atoms with van der Waals surface area (Å²) in [7, 11) is 0. The summed E-state index contributed by atoms with van der Waals surface area (Å²) in [6.45, 7) is 11.5. The SMILES string of the molecule is CCOc1ccc([C@H]2[NH2+]CCc3cc(OCC)c(OCC)cc32)cc1OCC. The molecule has 3 rings (SSSR count). The Morgan fingerprint density at radius 2 is 1.32 bits per heavy atom. The number of fused-ring (bicyclic) bond motifs is 1.